The van der Waals surface area contributed by atoms with E-state index in [0.717, 1.165) is 28.0 Å². The first-order valence-electron chi connectivity index (χ1n) is 13.6. The number of nitrogens with zero attached hydrogens (tertiary/aromatic N) is 2. The average Bonchev–Trinajstić information content (AvgIpc) is 3.02. The van der Waals surface area contributed by atoms with Crippen LogP contribution in [0, 0.1) is 0 Å². The van der Waals surface area contributed by atoms with Gasteiger partial charge in [0.05, 0.1) is 18.5 Å². The van der Waals surface area contributed by atoms with Crippen molar-refractivity contribution in [3.63, 3.8) is 0 Å². The maximum absolute atomic E-state index is 13.8. The molecule has 0 aromatic heterocycles. The number of para-hydroxylation sites is 2. The molecule has 6 heteroatoms. The number of hydrogen-bond acceptors (Lipinski definition) is 5. The number of carbonyl (C=O) groups excluding carboxylic acids is 3. The molecule has 41 heavy (non-hydrogen) atoms. The van der Waals surface area contributed by atoms with Gasteiger partial charge in [0.1, 0.15) is 0 Å². The van der Waals surface area contributed by atoms with E-state index >= 15 is 0 Å². The number of ether oxygens (including phenoxy) is 1. The Labute approximate surface area is 238 Å². The molecule has 0 bridgehead atoms. The zero-order chi connectivity index (χ0) is 28.3. The van der Waals surface area contributed by atoms with Gasteiger partial charge in [-0.25, -0.2) is 4.90 Å². The number of amides is 2. The lowest BCUT2D eigenvalue weighted by Crippen LogP contribution is -2.40. The van der Waals surface area contributed by atoms with E-state index in [1.165, 1.54) is 12.0 Å². The van der Waals surface area contributed by atoms with Crippen LogP contribution >= 0.6 is 0 Å². The Morgan fingerprint density at radius 3 is 1.93 bits per heavy atom. The van der Waals surface area contributed by atoms with Gasteiger partial charge in [-0.1, -0.05) is 60.7 Å². The Balaban J connectivity index is 1.39. The van der Waals surface area contributed by atoms with Crippen molar-refractivity contribution in [2.24, 2.45) is 0 Å². The van der Waals surface area contributed by atoms with Crippen molar-refractivity contribution in [1.82, 2.24) is 0 Å². The molecule has 5 aromatic rings. The normalized spacial score (nSPS) is 12.5. The van der Waals surface area contributed by atoms with Crippen LogP contribution in [0.15, 0.2) is 115 Å². The molecule has 0 saturated carbocycles. The summed E-state index contributed by atoms with van der Waals surface area (Å²) in [5, 5.41) is 1.49. The largest absolute Gasteiger partial charge is 0.469 e. The third-order valence-electron chi connectivity index (χ3n) is 7.42. The molecule has 1 aliphatic rings. The third-order valence-corrected chi connectivity index (χ3v) is 7.42. The van der Waals surface area contributed by atoms with Crippen LogP contribution in [0.25, 0.3) is 10.8 Å². The van der Waals surface area contributed by atoms with E-state index in [1.807, 2.05) is 97.1 Å². The van der Waals surface area contributed by atoms with Gasteiger partial charge in [0.25, 0.3) is 11.8 Å². The summed E-state index contributed by atoms with van der Waals surface area (Å²) in [5.74, 6) is -0.942. The van der Waals surface area contributed by atoms with Gasteiger partial charge in [-0.15, -0.1) is 0 Å². The zero-order valence-electron chi connectivity index (χ0n) is 22.6. The second-order valence-corrected chi connectivity index (χ2v) is 9.91. The fourth-order valence-corrected chi connectivity index (χ4v) is 5.44. The van der Waals surface area contributed by atoms with Crippen LogP contribution in [0.3, 0.4) is 0 Å². The lowest BCUT2D eigenvalue weighted by Gasteiger charge is -2.31. The van der Waals surface area contributed by atoms with Crippen molar-refractivity contribution in [3.8, 4) is 0 Å². The first-order chi connectivity index (χ1) is 20.1. The topological polar surface area (TPSA) is 66.9 Å². The number of benzene rings is 5. The van der Waals surface area contributed by atoms with Gasteiger partial charge < -0.3 is 9.64 Å². The number of methoxy groups -OCH3 is 1. The van der Waals surface area contributed by atoms with Gasteiger partial charge in [0.15, 0.2) is 0 Å². The van der Waals surface area contributed by atoms with Gasteiger partial charge in [0.2, 0.25) is 0 Å². The fourth-order valence-electron chi connectivity index (χ4n) is 5.44. The summed E-state index contributed by atoms with van der Waals surface area (Å²) in [4.78, 5) is 42.5. The van der Waals surface area contributed by atoms with Crippen molar-refractivity contribution in [3.05, 3.63) is 132 Å². The highest BCUT2D eigenvalue weighted by molar-refractivity contribution is 6.36. The Morgan fingerprint density at radius 2 is 1.32 bits per heavy atom. The molecule has 0 radical (unpaired) electrons. The molecule has 6 nitrogen and oxygen atoms in total. The summed E-state index contributed by atoms with van der Waals surface area (Å²) in [6.45, 7) is 0. The van der Waals surface area contributed by atoms with Crippen molar-refractivity contribution < 1.29 is 19.1 Å². The number of aryl methyl sites for hydroxylation is 1. The van der Waals surface area contributed by atoms with Gasteiger partial charge in [0, 0.05) is 39.7 Å². The van der Waals surface area contributed by atoms with Crippen LogP contribution in [-0.2, 0) is 16.0 Å². The summed E-state index contributed by atoms with van der Waals surface area (Å²) < 4.78 is 4.70. The molecule has 0 unspecified atom stereocenters. The predicted molar refractivity (Wildman–Crippen MR) is 161 cm³/mol. The second kappa shape index (κ2) is 11.1. The number of imide groups is 1. The fraction of sp³-hybridized carbons (Fsp3) is 0.114. The van der Waals surface area contributed by atoms with Crippen LogP contribution in [0.2, 0.25) is 0 Å². The standard InChI is InChI=1S/C35H28N2O4/c1-41-32(38)17-8-10-24-18-20-27(21-19-24)37-34(39)29-16-9-15-28-31(23-22-30(33(28)29)35(37)40)36(25-11-4-2-5-12-25)26-13-6-3-7-14-26/h2-7,9,11-16,18-23H,8,10,17H2,1H3. The molecule has 0 fully saturated rings. The SMILES string of the molecule is COC(=O)CCCc1ccc(N2C(=O)c3cccc4c(N(c5ccccc5)c5ccccc5)ccc(c34)C2=O)cc1. The van der Waals surface area contributed by atoms with Crippen LogP contribution in [0.1, 0.15) is 39.1 Å². The number of esters is 1. The number of hydrogen-bond donors (Lipinski definition) is 0. The highest BCUT2D eigenvalue weighted by Crippen LogP contribution is 2.42. The molecule has 1 aliphatic heterocycles. The van der Waals surface area contributed by atoms with E-state index in [0.29, 0.717) is 41.5 Å². The molecule has 6 rings (SSSR count). The Morgan fingerprint density at radius 1 is 0.707 bits per heavy atom. The molecule has 2 amide bonds. The lowest BCUT2D eigenvalue weighted by atomic mass is 9.92. The van der Waals surface area contributed by atoms with E-state index in [9.17, 15) is 14.4 Å². The van der Waals surface area contributed by atoms with E-state index in [2.05, 4.69) is 4.90 Å². The first-order valence-corrected chi connectivity index (χ1v) is 13.6. The van der Waals surface area contributed by atoms with Gasteiger partial charge in [-0.3, -0.25) is 14.4 Å². The van der Waals surface area contributed by atoms with Crippen molar-refractivity contribution >= 4 is 51.3 Å². The summed E-state index contributed by atoms with van der Waals surface area (Å²) in [6.07, 6.45) is 1.70. The van der Waals surface area contributed by atoms with Crippen LogP contribution < -0.4 is 9.80 Å². The van der Waals surface area contributed by atoms with E-state index < -0.39 is 0 Å². The van der Waals surface area contributed by atoms with E-state index in [4.69, 9.17) is 4.74 Å². The minimum absolute atomic E-state index is 0.238. The minimum Gasteiger partial charge on any atom is -0.469 e. The minimum atomic E-state index is -0.352. The van der Waals surface area contributed by atoms with Crippen LogP contribution in [0.4, 0.5) is 22.7 Å². The smallest absolute Gasteiger partial charge is 0.305 e. The first kappa shape index (κ1) is 26.0. The quantitative estimate of drug-likeness (QED) is 0.150. The Bertz CT molecular complexity index is 1690. The average molecular weight is 541 g/mol. The maximum Gasteiger partial charge on any atom is 0.305 e. The number of anilines is 4. The zero-order valence-corrected chi connectivity index (χ0v) is 22.6. The van der Waals surface area contributed by atoms with Crippen LogP contribution in [-0.4, -0.2) is 24.9 Å². The second-order valence-electron chi connectivity index (χ2n) is 9.91. The van der Waals surface area contributed by atoms with Crippen molar-refractivity contribution in [1.29, 1.82) is 0 Å². The number of carbonyl (C=O) groups is 3. The maximum atomic E-state index is 13.8. The summed E-state index contributed by atoms with van der Waals surface area (Å²) in [5.41, 5.74) is 5.34. The predicted octanol–water partition coefficient (Wildman–Crippen LogP) is 7.61. The van der Waals surface area contributed by atoms with Crippen LogP contribution in [0.5, 0.6) is 0 Å². The molecule has 5 aromatic carbocycles. The van der Waals surface area contributed by atoms with Crippen molar-refractivity contribution in [2.75, 3.05) is 16.9 Å². The molecule has 0 saturated heterocycles. The molecule has 0 atom stereocenters. The molecule has 1 heterocycles. The molecule has 0 N–H and O–H groups in total. The summed E-state index contributed by atoms with van der Waals surface area (Å²) in [7, 11) is 1.38. The molecular weight excluding hydrogens is 512 g/mol. The van der Waals surface area contributed by atoms with E-state index in [-0.39, 0.29) is 17.8 Å². The Kier molecular flexibility index (Phi) is 7.04. The molecule has 0 aliphatic carbocycles. The third kappa shape index (κ3) is 4.85. The number of rotatable bonds is 8. The molecule has 0 spiro atoms. The highest BCUT2D eigenvalue weighted by atomic mass is 16.5. The molecule has 202 valence electrons. The van der Waals surface area contributed by atoms with E-state index in [1.54, 1.807) is 18.2 Å². The Hall–Kier alpha value is -5.23. The van der Waals surface area contributed by atoms with Gasteiger partial charge in [-0.2, -0.15) is 0 Å². The molecular formula is C35H28N2O4. The summed E-state index contributed by atoms with van der Waals surface area (Å²) in [6, 6.07) is 36.8. The summed E-state index contributed by atoms with van der Waals surface area (Å²) >= 11 is 0. The lowest BCUT2D eigenvalue weighted by molar-refractivity contribution is -0.140. The van der Waals surface area contributed by atoms with Gasteiger partial charge >= 0.3 is 5.97 Å². The van der Waals surface area contributed by atoms with Crippen molar-refractivity contribution in [2.45, 2.75) is 19.3 Å². The van der Waals surface area contributed by atoms with Gasteiger partial charge in [-0.05, 0) is 73.0 Å². The highest BCUT2D eigenvalue weighted by Gasteiger charge is 2.35. The monoisotopic (exact) mass is 540 g/mol.